The van der Waals surface area contributed by atoms with Gasteiger partial charge in [-0.25, -0.2) is 0 Å². The Morgan fingerprint density at radius 3 is 2.12 bits per heavy atom. The summed E-state index contributed by atoms with van der Waals surface area (Å²) in [6.07, 6.45) is 0. The summed E-state index contributed by atoms with van der Waals surface area (Å²) in [7, 11) is 4.25. The van der Waals surface area contributed by atoms with Crippen molar-refractivity contribution in [3.05, 3.63) is 0 Å². The smallest absolute Gasteiger partial charge is 0.0365 e. The fourth-order valence-corrected chi connectivity index (χ4v) is 1.09. The summed E-state index contributed by atoms with van der Waals surface area (Å²) in [5.41, 5.74) is 0. The van der Waals surface area contributed by atoms with Crippen LogP contribution in [0.15, 0.2) is 0 Å². The highest BCUT2D eigenvalue weighted by Crippen LogP contribution is 2.07. The van der Waals surface area contributed by atoms with Crippen molar-refractivity contribution in [2.24, 2.45) is 0 Å². The van der Waals surface area contributed by atoms with E-state index in [9.17, 15) is 0 Å². The van der Waals surface area contributed by atoms with Crippen LogP contribution in [-0.2, 0) is 0 Å². The second-order valence-corrected chi connectivity index (χ2v) is 2.73. The number of likely N-dealkylation sites (N-methyl/N-ethyl adjacent to an activating group) is 1. The monoisotopic (exact) mass is 114 g/mol. The third-order valence-corrected chi connectivity index (χ3v) is 1.89. The Morgan fingerprint density at radius 1 is 1.50 bits per heavy atom. The van der Waals surface area contributed by atoms with Gasteiger partial charge in [-0.2, -0.15) is 0 Å². The predicted molar refractivity (Wildman–Crippen MR) is 34.9 cm³/mol. The predicted octanol–water partition coefficient (Wildman–Crippen LogP) is -0.0917. The highest BCUT2D eigenvalue weighted by molar-refractivity contribution is 4.89. The minimum atomic E-state index is 0.699. The van der Waals surface area contributed by atoms with Crippen molar-refractivity contribution in [1.82, 2.24) is 10.2 Å². The number of hydrogen-bond donors (Lipinski definition) is 1. The SMILES string of the molecule is CC1NCC1N(C)C. The zero-order chi connectivity index (χ0) is 6.15. The molecule has 1 fully saturated rings. The number of nitrogens with zero attached hydrogens (tertiary/aromatic N) is 1. The Labute approximate surface area is 50.9 Å². The first-order valence-electron chi connectivity index (χ1n) is 3.11. The highest BCUT2D eigenvalue weighted by Gasteiger charge is 2.26. The van der Waals surface area contributed by atoms with E-state index in [4.69, 9.17) is 0 Å². The van der Waals surface area contributed by atoms with Crippen molar-refractivity contribution in [2.45, 2.75) is 19.0 Å². The summed E-state index contributed by atoms with van der Waals surface area (Å²) in [6, 6.07) is 1.47. The molecule has 8 heavy (non-hydrogen) atoms. The summed E-state index contributed by atoms with van der Waals surface area (Å²) in [6.45, 7) is 3.38. The van der Waals surface area contributed by atoms with E-state index in [0.717, 1.165) is 12.6 Å². The molecule has 1 aliphatic rings. The van der Waals surface area contributed by atoms with Crippen LogP contribution in [-0.4, -0.2) is 37.6 Å². The van der Waals surface area contributed by atoms with E-state index in [-0.39, 0.29) is 0 Å². The van der Waals surface area contributed by atoms with Gasteiger partial charge in [0.05, 0.1) is 0 Å². The molecule has 0 radical (unpaired) electrons. The zero-order valence-electron chi connectivity index (χ0n) is 5.81. The van der Waals surface area contributed by atoms with Crippen molar-refractivity contribution in [2.75, 3.05) is 20.6 Å². The molecule has 0 aromatic carbocycles. The molecule has 1 aliphatic heterocycles. The van der Waals surface area contributed by atoms with E-state index in [1.54, 1.807) is 0 Å². The van der Waals surface area contributed by atoms with E-state index in [0.29, 0.717) is 6.04 Å². The molecule has 0 amide bonds. The molecule has 0 aliphatic carbocycles. The third kappa shape index (κ3) is 0.858. The molecule has 1 heterocycles. The number of hydrogen-bond acceptors (Lipinski definition) is 2. The normalized spacial score (nSPS) is 37.5. The standard InChI is InChI=1S/C6H14N2/c1-5-6(4-7-5)8(2)3/h5-7H,4H2,1-3H3. The van der Waals surface area contributed by atoms with E-state index in [1.165, 1.54) is 0 Å². The summed E-state index contributed by atoms with van der Waals surface area (Å²) >= 11 is 0. The van der Waals surface area contributed by atoms with E-state index < -0.39 is 0 Å². The average Bonchev–Trinajstić information content (AvgIpc) is 1.61. The largest absolute Gasteiger partial charge is 0.311 e. The maximum Gasteiger partial charge on any atom is 0.0365 e. The quantitative estimate of drug-likeness (QED) is 0.512. The Morgan fingerprint density at radius 2 is 2.12 bits per heavy atom. The molecule has 2 heteroatoms. The van der Waals surface area contributed by atoms with Gasteiger partial charge in [0.15, 0.2) is 0 Å². The van der Waals surface area contributed by atoms with E-state index in [1.807, 2.05) is 0 Å². The summed E-state index contributed by atoms with van der Waals surface area (Å²) in [5.74, 6) is 0. The van der Waals surface area contributed by atoms with Crippen LogP contribution < -0.4 is 5.32 Å². The van der Waals surface area contributed by atoms with E-state index >= 15 is 0 Å². The van der Waals surface area contributed by atoms with Gasteiger partial charge in [-0.1, -0.05) is 0 Å². The maximum absolute atomic E-state index is 3.30. The van der Waals surface area contributed by atoms with Crippen LogP contribution in [0.25, 0.3) is 0 Å². The summed E-state index contributed by atoms with van der Waals surface area (Å²) in [5, 5.41) is 3.30. The fourth-order valence-electron chi connectivity index (χ4n) is 1.09. The lowest BCUT2D eigenvalue weighted by Gasteiger charge is -2.40. The number of rotatable bonds is 1. The first-order chi connectivity index (χ1) is 3.72. The van der Waals surface area contributed by atoms with Crippen LogP contribution in [0.3, 0.4) is 0 Å². The lowest BCUT2D eigenvalue weighted by molar-refractivity contribution is 0.159. The van der Waals surface area contributed by atoms with Gasteiger partial charge in [-0.3, -0.25) is 0 Å². The second-order valence-electron chi connectivity index (χ2n) is 2.73. The van der Waals surface area contributed by atoms with Crippen LogP contribution in [0.2, 0.25) is 0 Å². The lowest BCUT2D eigenvalue weighted by atomic mass is 10.0. The van der Waals surface area contributed by atoms with Gasteiger partial charge in [-0.15, -0.1) is 0 Å². The summed E-state index contributed by atoms with van der Waals surface area (Å²) in [4.78, 5) is 2.27. The molecule has 48 valence electrons. The molecule has 2 nitrogen and oxygen atoms in total. The molecular formula is C6H14N2. The minimum absolute atomic E-state index is 0.699. The molecular weight excluding hydrogens is 100 g/mol. The van der Waals surface area contributed by atoms with Gasteiger partial charge < -0.3 is 10.2 Å². The molecule has 1 rings (SSSR count). The Kier molecular flexibility index (Phi) is 1.54. The van der Waals surface area contributed by atoms with Crippen LogP contribution >= 0.6 is 0 Å². The van der Waals surface area contributed by atoms with Gasteiger partial charge in [0.25, 0.3) is 0 Å². The molecule has 0 aromatic heterocycles. The van der Waals surface area contributed by atoms with E-state index in [2.05, 4.69) is 31.2 Å². The first kappa shape index (κ1) is 6.05. The Balaban J connectivity index is 2.26. The van der Waals surface area contributed by atoms with Crippen LogP contribution in [0.1, 0.15) is 6.92 Å². The van der Waals surface area contributed by atoms with Gasteiger partial charge in [-0.05, 0) is 21.0 Å². The molecule has 0 bridgehead atoms. The molecule has 2 unspecified atom stereocenters. The van der Waals surface area contributed by atoms with Gasteiger partial charge in [0.1, 0.15) is 0 Å². The molecule has 1 N–H and O–H groups in total. The molecule has 1 saturated heterocycles. The molecule has 0 aromatic rings. The van der Waals surface area contributed by atoms with Crippen molar-refractivity contribution >= 4 is 0 Å². The molecule has 0 spiro atoms. The topological polar surface area (TPSA) is 15.3 Å². The minimum Gasteiger partial charge on any atom is -0.311 e. The maximum atomic E-state index is 3.30. The van der Waals surface area contributed by atoms with Gasteiger partial charge >= 0.3 is 0 Å². The lowest BCUT2D eigenvalue weighted by Crippen LogP contribution is -2.61. The van der Waals surface area contributed by atoms with Crippen molar-refractivity contribution in [1.29, 1.82) is 0 Å². The average molecular weight is 114 g/mol. The van der Waals surface area contributed by atoms with Gasteiger partial charge in [0.2, 0.25) is 0 Å². The first-order valence-corrected chi connectivity index (χ1v) is 3.11. The van der Waals surface area contributed by atoms with Crippen LogP contribution in [0, 0.1) is 0 Å². The van der Waals surface area contributed by atoms with Crippen LogP contribution in [0.5, 0.6) is 0 Å². The van der Waals surface area contributed by atoms with Crippen molar-refractivity contribution in [3.8, 4) is 0 Å². The fraction of sp³-hybridized carbons (Fsp3) is 1.00. The molecule has 2 atom stereocenters. The van der Waals surface area contributed by atoms with Crippen LogP contribution in [0.4, 0.5) is 0 Å². The van der Waals surface area contributed by atoms with Gasteiger partial charge in [0, 0.05) is 18.6 Å². The summed E-state index contributed by atoms with van der Waals surface area (Å²) < 4.78 is 0. The Hall–Kier alpha value is -0.0800. The van der Waals surface area contributed by atoms with Crippen molar-refractivity contribution < 1.29 is 0 Å². The van der Waals surface area contributed by atoms with Crippen molar-refractivity contribution in [3.63, 3.8) is 0 Å². The highest BCUT2D eigenvalue weighted by atomic mass is 15.2. The number of nitrogens with one attached hydrogen (secondary N) is 1. The second kappa shape index (κ2) is 2.03. The molecule has 0 saturated carbocycles. The Bertz CT molecular complexity index is 75.8. The third-order valence-electron chi connectivity index (χ3n) is 1.89. The zero-order valence-corrected chi connectivity index (χ0v) is 5.81.